The van der Waals surface area contributed by atoms with Gasteiger partial charge in [0.15, 0.2) is 5.82 Å². The number of methoxy groups -OCH3 is 1. The van der Waals surface area contributed by atoms with Crippen LogP contribution in [0.25, 0.3) is 0 Å². The molecule has 0 amide bonds. The normalized spacial score (nSPS) is 15.4. The smallest absolute Gasteiger partial charge is 0.212 e. The first kappa shape index (κ1) is 18.4. The predicted molar refractivity (Wildman–Crippen MR) is 97.6 cm³/mol. The largest absolute Gasteiger partial charge is 0.549 e. The van der Waals surface area contributed by atoms with Crippen LogP contribution < -0.4 is 9.84 Å². The summed E-state index contributed by atoms with van der Waals surface area (Å²) in [7, 11) is 1.62. The molecule has 26 heavy (non-hydrogen) atoms. The number of carbonyl (C=O) groups excluding carboxylic acids is 1. The standard InChI is InChI=1S/C18H22N4O3S/c1-25-15-9-5-6-13(10-15)11-19-22-17(14-7-3-2-4-8-14)20-21-18(22)26-12-16(23)24/h5-6,9-11,14H,2-4,7-8,12H2,1H3,(H,23,24)/p-1/b19-11-. The number of hydrogen-bond acceptors (Lipinski definition) is 7. The Morgan fingerprint density at radius 2 is 2.19 bits per heavy atom. The number of carboxylic acid groups (broad SMARTS) is 1. The summed E-state index contributed by atoms with van der Waals surface area (Å²) in [6.07, 6.45) is 7.39. The molecule has 0 saturated heterocycles. The minimum atomic E-state index is -1.14. The van der Waals surface area contributed by atoms with Gasteiger partial charge < -0.3 is 14.6 Å². The Morgan fingerprint density at radius 1 is 1.38 bits per heavy atom. The maximum atomic E-state index is 10.8. The van der Waals surface area contributed by atoms with Gasteiger partial charge in [-0.1, -0.05) is 43.2 Å². The van der Waals surface area contributed by atoms with Crippen LogP contribution in [0.5, 0.6) is 5.75 Å². The fraction of sp³-hybridized carbons (Fsp3) is 0.444. The zero-order valence-electron chi connectivity index (χ0n) is 14.6. The van der Waals surface area contributed by atoms with Crippen LogP contribution in [-0.4, -0.2) is 39.9 Å². The first-order chi connectivity index (χ1) is 12.7. The molecule has 8 heteroatoms. The van der Waals surface area contributed by atoms with Crippen molar-refractivity contribution in [2.24, 2.45) is 5.10 Å². The van der Waals surface area contributed by atoms with Crippen LogP contribution in [0.3, 0.4) is 0 Å². The molecule has 0 atom stereocenters. The quantitative estimate of drug-likeness (QED) is 0.545. The van der Waals surface area contributed by atoms with E-state index in [1.807, 2.05) is 24.3 Å². The molecule has 2 aromatic rings. The molecule has 1 aromatic carbocycles. The highest BCUT2D eigenvalue weighted by molar-refractivity contribution is 7.99. The lowest BCUT2D eigenvalue weighted by Crippen LogP contribution is -2.24. The molecule has 0 spiro atoms. The average molecular weight is 373 g/mol. The molecular weight excluding hydrogens is 352 g/mol. The Hall–Kier alpha value is -2.35. The minimum Gasteiger partial charge on any atom is -0.549 e. The maximum Gasteiger partial charge on any atom is 0.212 e. The van der Waals surface area contributed by atoms with Gasteiger partial charge in [-0.25, -0.2) is 0 Å². The van der Waals surface area contributed by atoms with E-state index < -0.39 is 5.97 Å². The summed E-state index contributed by atoms with van der Waals surface area (Å²) < 4.78 is 6.90. The zero-order valence-corrected chi connectivity index (χ0v) is 15.4. The van der Waals surface area contributed by atoms with E-state index in [0.717, 1.165) is 41.7 Å². The highest BCUT2D eigenvalue weighted by Crippen LogP contribution is 2.33. The third-order valence-corrected chi connectivity index (χ3v) is 5.23. The summed E-state index contributed by atoms with van der Waals surface area (Å²) >= 11 is 1.07. The summed E-state index contributed by atoms with van der Waals surface area (Å²) in [5, 5.41) is 24.3. The lowest BCUT2D eigenvalue weighted by Gasteiger charge is -2.20. The Labute approximate surface area is 156 Å². The second kappa shape index (κ2) is 8.84. The summed E-state index contributed by atoms with van der Waals surface area (Å²) in [4.78, 5) is 10.8. The Balaban J connectivity index is 1.88. The number of rotatable bonds is 7. The summed E-state index contributed by atoms with van der Waals surface area (Å²) in [5.74, 6) is 0.523. The predicted octanol–water partition coefficient (Wildman–Crippen LogP) is 2.06. The molecule has 1 aliphatic carbocycles. The number of carboxylic acids is 1. The van der Waals surface area contributed by atoms with Crippen molar-refractivity contribution >= 4 is 23.9 Å². The Bertz CT molecular complexity index is 784. The molecule has 3 rings (SSSR count). The monoisotopic (exact) mass is 373 g/mol. The lowest BCUT2D eigenvalue weighted by molar-refractivity contribution is -0.301. The topological polar surface area (TPSA) is 92.4 Å². The minimum absolute atomic E-state index is 0.183. The van der Waals surface area contributed by atoms with Crippen molar-refractivity contribution in [2.45, 2.75) is 43.2 Å². The van der Waals surface area contributed by atoms with Crippen molar-refractivity contribution < 1.29 is 14.6 Å². The first-order valence-electron chi connectivity index (χ1n) is 8.63. The van der Waals surface area contributed by atoms with E-state index in [1.165, 1.54) is 19.3 Å². The van der Waals surface area contributed by atoms with E-state index in [1.54, 1.807) is 18.0 Å². The van der Waals surface area contributed by atoms with E-state index in [0.29, 0.717) is 11.1 Å². The van der Waals surface area contributed by atoms with Crippen LogP contribution in [-0.2, 0) is 4.79 Å². The van der Waals surface area contributed by atoms with Gasteiger partial charge in [-0.3, -0.25) is 0 Å². The van der Waals surface area contributed by atoms with E-state index >= 15 is 0 Å². The summed E-state index contributed by atoms with van der Waals surface area (Å²) in [5.41, 5.74) is 0.878. The van der Waals surface area contributed by atoms with Crippen LogP contribution in [0.4, 0.5) is 0 Å². The number of aliphatic carboxylic acids is 1. The molecule has 0 unspecified atom stereocenters. The number of aromatic nitrogens is 3. The number of hydrogen-bond donors (Lipinski definition) is 0. The number of ether oxygens (including phenoxy) is 1. The van der Waals surface area contributed by atoms with Crippen molar-refractivity contribution in [3.63, 3.8) is 0 Å². The van der Waals surface area contributed by atoms with Crippen molar-refractivity contribution in [1.29, 1.82) is 0 Å². The molecule has 1 fully saturated rings. The third kappa shape index (κ3) is 4.63. The zero-order chi connectivity index (χ0) is 18.4. The molecule has 1 aromatic heterocycles. The van der Waals surface area contributed by atoms with Crippen LogP contribution in [0.15, 0.2) is 34.5 Å². The lowest BCUT2D eigenvalue weighted by atomic mass is 9.89. The van der Waals surface area contributed by atoms with Gasteiger partial charge in [0.05, 0.1) is 19.3 Å². The molecule has 0 N–H and O–H groups in total. The second-order valence-corrected chi connectivity index (χ2v) is 7.11. The van der Waals surface area contributed by atoms with Crippen molar-refractivity contribution in [3.8, 4) is 5.75 Å². The number of nitrogens with zero attached hydrogens (tertiary/aromatic N) is 4. The molecule has 0 aliphatic heterocycles. The molecule has 7 nitrogen and oxygen atoms in total. The molecular formula is C18H21N4O3S-. The van der Waals surface area contributed by atoms with Crippen molar-refractivity contribution in [3.05, 3.63) is 35.7 Å². The number of carbonyl (C=O) groups is 1. The van der Waals surface area contributed by atoms with Gasteiger partial charge >= 0.3 is 0 Å². The van der Waals surface area contributed by atoms with E-state index in [-0.39, 0.29) is 5.75 Å². The van der Waals surface area contributed by atoms with Crippen LogP contribution in [0.1, 0.15) is 49.4 Å². The van der Waals surface area contributed by atoms with Gasteiger partial charge in [0.25, 0.3) is 0 Å². The average Bonchev–Trinajstić information content (AvgIpc) is 3.08. The fourth-order valence-corrected chi connectivity index (χ4v) is 3.67. The fourth-order valence-electron chi connectivity index (χ4n) is 3.06. The molecule has 1 heterocycles. The Morgan fingerprint density at radius 3 is 2.92 bits per heavy atom. The molecule has 0 bridgehead atoms. The third-order valence-electron chi connectivity index (χ3n) is 4.34. The molecule has 0 radical (unpaired) electrons. The van der Waals surface area contributed by atoms with E-state index in [2.05, 4.69) is 15.3 Å². The molecule has 138 valence electrons. The highest BCUT2D eigenvalue weighted by Gasteiger charge is 2.23. The maximum absolute atomic E-state index is 10.8. The molecule has 1 saturated carbocycles. The van der Waals surface area contributed by atoms with Gasteiger partial charge in [-0.2, -0.15) is 9.78 Å². The summed E-state index contributed by atoms with van der Waals surface area (Å²) in [6.45, 7) is 0. The van der Waals surface area contributed by atoms with Crippen LogP contribution in [0, 0.1) is 0 Å². The van der Waals surface area contributed by atoms with Gasteiger partial charge in [0, 0.05) is 11.7 Å². The van der Waals surface area contributed by atoms with E-state index in [4.69, 9.17) is 4.74 Å². The van der Waals surface area contributed by atoms with Crippen LogP contribution >= 0.6 is 11.8 Å². The highest BCUT2D eigenvalue weighted by atomic mass is 32.2. The summed E-state index contributed by atoms with van der Waals surface area (Å²) in [6, 6.07) is 7.55. The van der Waals surface area contributed by atoms with Gasteiger partial charge in [0.1, 0.15) is 5.75 Å². The Kier molecular flexibility index (Phi) is 6.27. The number of benzene rings is 1. The van der Waals surface area contributed by atoms with Gasteiger partial charge in [-0.05, 0) is 30.5 Å². The van der Waals surface area contributed by atoms with Crippen molar-refractivity contribution in [1.82, 2.24) is 14.9 Å². The number of thioether (sulfide) groups is 1. The second-order valence-electron chi connectivity index (χ2n) is 6.17. The van der Waals surface area contributed by atoms with Crippen molar-refractivity contribution in [2.75, 3.05) is 12.9 Å². The van der Waals surface area contributed by atoms with Crippen LogP contribution in [0.2, 0.25) is 0 Å². The van der Waals surface area contributed by atoms with Gasteiger partial charge in [0.2, 0.25) is 5.16 Å². The SMILES string of the molecule is COc1cccc(/C=N\n2c(SCC(=O)[O-])nnc2C2CCCCC2)c1. The van der Waals surface area contributed by atoms with Gasteiger partial charge in [-0.15, -0.1) is 10.2 Å². The molecule has 1 aliphatic rings. The first-order valence-corrected chi connectivity index (χ1v) is 9.62. The van der Waals surface area contributed by atoms with E-state index in [9.17, 15) is 9.90 Å².